The summed E-state index contributed by atoms with van der Waals surface area (Å²) < 4.78 is 0. The number of allylic oxidation sites excluding steroid dienone is 2. The predicted molar refractivity (Wildman–Crippen MR) is 149 cm³/mol. The van der Waals surface area contributed by atoms with Crippen LogP contribution in [0, 0.1) is 0 Å². The Morgan fingerprint density at radius 2 is 1.69 bits per heavy atom. The van der Waals surface area contributed by atoms with Crippen molar-refractivity contribution < 1.29 is 9.59 Å². The van der Waals surface area contributed by atoms with Crippen molar-refractivity contribution in [3.63, 3.8) is 0 Å². The van der Waals surface area contributed by atoms with Crippen LogP contribution in [0.15, 0.2) is 90.8 Å². The molecule has 0 radical (unpaired) electrons. The molecule has 0 aliphatic heterocycles. The first-order valence-electron chi connectivity index (χ1n) is 12.5. The van der Waals surface area contributed by atoms with Crippen LogP contribution in [0.2, 0.25) is 0 Å². The maximum atomic E-state index is 12.5. The van der Waals surface area contributed by atoms with Crippen LogP contribution in [0.1, 0.15) is 62.0 Å². The number of rotatable bonds is 11. The third-order valence-electron chi connectivity index (χ3n) is 5.55. The normalized spacial score (nSPS) is 10.9. The van der Waals surface area contributed by atoms with Gasteiger partial charge in [-0.2, -0.15) is 0 Å². The van der Waals surface area contributed by atoms with Gasteiger partial charge in [0.05, 0.1) is 5.69 Å². The number of benzene rings is 2. The maximum absolute atomic E-state index is 12.5. The molecule has 0 atom stereocenters. The summed E-state index contributed by atoms with van der Waals surface area (Å²) >= 11 is 0. The van der Waals surface area contributed by atoms with Gasteiger partial charge in [-0.15, -0.1) is 0 Å². The number of aromatic nitrogens is 1. The maximum Gasteiger partial charge on any atom is 0.251 e. The van der Waals surface area contributed by atoms with Crippen LogP contribution in [0.4, 0.5) is 0 Å². The second-order valence-electron chi connectivity index (χ2n) is 8.13. The lowest BCUT2D eigenvalue weighted by molar-refractivity contribution is -0.104. The molecule has 0 saturated carbocycles. The minimum Gasteiger partial charge on any atom is -0.359 e. The average Bonchev–Trinajstić information content (AvgIpc) is 2.94. The highest BCUT2D eigenvalue weighted by atomic mass is 16.1. The van der Waals surface area contributed by atoms with E-state index in [1.807, 2.05) is 68.4 Å². The molecular formula is C31H37N3O2. The lowest BCUT2D eigenvalue weighted by Crippen LogP contribution is -2.25. The molecule has 2 N–H and O–H groups in total. The van der Waals surface area contributed by atoms with Crippen LogP contribution in [-0.4, -0.2) is 23.7 Å². The van der Waals surface area contributed by atoms with E-state index in [4.69, 9.17) is 0 Å². The summed E-state index contributed by atoms with van der Waals surface area (Å²) in [5.41, 5.74) is 6.64. The van der Waals surface area contributed by atoms with Crippen LogP contribution in [-0.2, 0) is 11.2 Å². The van der Waals surface area contributed by atoms with Crippen molar-refractivity contribution in [2.75, 3.05) is 6.54 Å². The molecule has 0 aliphatic carbocycles. The first kappa shape index (κ1) is 28.2. The highest BCUT2D eigenvalue weighted by Crippen LogP contribution is 2.22. The zero-order chi connectivity index (χ0) is 26.3. The molecular weight excluding hydrogens is 446 g/mol. The Morgan fingerprint density at radius 1 is 1.00 bits per heavy atom. The molecule has 1 aromatic heterocycles. The van der Waals surface area contributed by atoms with E-state index in [0.29, 0.717) is 23.4 Å². The second kappa shape index (κ2) is 15.1. The first-order valence-corrected chi connectivity index (χ1v) is 12.5. The van der Waals surface area contributed by atoms with E-state index in [0.717, 1.165) is 48.1 Å². The highest BCUT2D eigenvalue weighted by Gasteiger charge is 2.09. The van der Waals surface area contributed by atoms with Gasteiger partial charge in [-0.25, -0.2) is 0 Å². The Kier molecular flexibility index (Phi) is 11.8. The van der Waals surface area contributed by atoms with Gasteiger partial charge in [-0.3, -0.25) is 14.6 Å². The molecule has 3 rings (SSSR count). The zero-order valence-electron chi connectivity index (χ0n) is 21.8. The van der Waals surface area contributed by atoms with Crippen molar-refractivity contribution in [3.05, 3.63) is 107 Å². The van der Waals surface area contributed by atoms with Gasteiger partial charge in [0, 0.05) is 46.4 Å². The Morgan fingerprint density at radius 3 is 2.33 bits per heavy atom. The first-order chi connectivity index (χ1) is 17.5. The summed E-state index contributed by atoms with van der Waals surface area (Å²) in [5.74, 6) is -0.0949. The Balaban J connectivity index is 0.00000222. The van der Waals surface area contributed by atoms with Crippen molar-refractivity contribution in [2.24, 2.45) is 0 Å². The van der Waals surface area contributed by atoms with Gasteiger partial charge in [-0.1, -0.05) is 76.2 Å². The molecule has 3 aromatic rings. The summed E-state index contributed by atoms with van der Waals surface area (Å²) in [7, 11) is 0. The van der Waals surface area contributed by atoms with E-state index in [-0.39, 0.29) is 5.91 Å². The molecule has 2 aromatic carbocycles. The summed E-state index contributed by atoms with van der Waals surface area (Å²) in [4.78, 5) is 28.2. The minimum absolute atomic E-state index is 0.0949. The van der Waals surface area contributed by atoms with E-state index in [9.17, 15) is 9.59 Å². The molecule has 0 aliphatic rings. The standard InChI is InChI=1S/C29H31N3O2.C2H6/c1-4-8-27(21(2)20-33)32-22(3)26-16-18-30-28(19-26)24-11-13-25(14-12-24)29(34)31-17-15-23-9-6-5-7-10-23;1-2/h5-7,9-14,16,18-20,32H,3-4,8,15,17H2,1-2H3,(H,31,34);1-2H3/b27-21+;. The number of hydrogen-bond donors (Lipinski definition) is 2. The molecule has 1 heterocycles. The van der Waals surface area contributed by atoms with Gasteiger partial charge in [0.25, 0.3) is 5.91 Å². The third kappa shape index (κ3) is 8.35. The largest absolute Gasteiger partial charge is 0.359 e. The van der Waals surface area contributed by atoms with E-state index >= 15 is 0 Å². The van der Waals surface area contributed by atoms with Crippen LogP contribution < -0.4 is 10.6 Å². The number of pyridine rings is 1. The van der Waals surface area contributed by atoms with Crippen LogP contribution >= 0.6 is 0 Å². The Bertz CT molecular complexity index is 1170. The molecule has 36 heavy (non-hydrogen) atoms. The van der Waals surface area contributed by atoms with Gasteiger partial charge < -0.3 is 10.6 Å². The molecule has 0 fully saturated rings. The lowest BCUT2D eigenvalue weighted by atomic mass is 10.0. The fraction of sp³-hybridized carbons (Fsp3) is 0.258. The summed E-state index contributed by atoms with van der Waals surface area (Å²) in [6.07, 6.45) is 5.09. The fourth-order valence-electron chi connectivity index (χ4n) is 3.57. The van der Waals surface area contributed by atoms with Gasteiger partial charge >= 0.3 is 0 Å². The number of aldehydes is 1. The second-order valence-corrected chi connectivity index (χ2v) is 8.13. The average molecular weight is 484 g/mol. The minimum atomic E-state index is -0.0949. The number of amides is 1. The summed E-state index contributed by atoms with van der Waals surface area (Å²) in [5, 5.41) is 6.26. The van der Waals surface area contributed by atoms with Crippen molar-refractivity contribution in [2.45, 2.75) is 47.0 Å². The molecule has 1 amide bonds. The Hall–Kier alpha value is -3.99. The van der Waals surface area contributed by atoms with Crippen LogP contribution in [0.25, 0.3) is 17.0 Å². The van der Waals surface area contributed by atoms with Crippen molar-refractivity contribution in [1.82, 2.24) is 15.6 Å². The van der Waals surface area contributed by atoms with Crippen LogP contribution in [0.3, 0.4) is 0 Å². The number of nitrogens with one attached hydrogen (secondary N) is 2. The van der Waals surface area contributed by atoms with Gasteiger partial charge in [-0.05, 0) is 49.6 Å². The molecule has 0 unspecified atom stereocenters. The molecule has 5 heteroatoms. The summed E-state index contributed by atoms with van der Waals surface area (Å²) in [6, 6.07) is 21.3. The van der Waals surface area contributed by atoms with E-state index in [2.05, 4.69) is 41.3 Å². The molecule has 0 spiro atoms. The number of carbonyl (C=O) groups excluding carboxylic acids is 2. The van der Waals surface area contributed by atoms with Crippen molar-refractivity contribution in [3.8, 4) is 11.3 Å². The SMILES string of the molecule is C=C(N/C(CCC)=C(\C)C=O)c1ccnc(-c2ccc(C(=O)NCCc3ccccc3)cc2)c1.CC. The van der Waals surface area contributed by atoms with Crippen molar-refractivity contribution in [1.29, 1.82) is 0 Å². The van der Waals surface area contributed by atoms with Crippen molar-refractivity contribution >= 4 is 17.9 Å². The smallest absolute Gasteiger partial charge is 0.251 e. The number of carbonyl (C=O) groups is 2. The van der Waals surface area contributed by atoms with E-state index < -0.39 is 0 Å². The van der Waals surface area contributed by atoms with E-state index in [1.54, 1.807) is 13.1 Å². The van der Waals surface area contributed by atoms with Gasteiger partial charge in [0.15, 0.2) is 0 Å². The van der Waals surface area contributed by atoms with Gasteiger partial charge in [0.2, 0.25) is 0 Å². The molecule has 5 nitrogen and oxygen atoms in total. The third-order valence-corrected chi connectivity index (χ3v) is 5.55. The monoisotopic (exact) mass is 483 g/mol. The van der Waals surface area contributed by atoms with Gasteiger partial charge in [0.1, 0.15) is 6.29 Å². The number of nitrogens with zero attached hydrogens (tertiary/aromatic N) is 1. The van der Waals surface area contributed by atoms with E-state index in [1.165, 1.54) is 5.56 Å². The highest BCUT2D eigenvalue weighted by molar-refractivity contribution is 5.94. The fourth-order valence-corrected chi connectivity index (χ4v) is 3.57. The Labute approximate surface area is 215 Å². The molecule has 0 saturated heterocycles. The number of hydrogen-bond acceptors (Lipinski definition) is 4. The van der Waals surface area contributed by atoms with Crippen LogP contribution in [0.5, 0.6) is 0 Å². The molecule has 0 bridgehead atoms. The predicted octanol–water partition coefficient (Wildman–Crippen LogP) is 6.58. The molecule has 188 valence electrons. The lowest BCUT2D eigenvalue weighted by Gasteiger charge is -2.15. The topological polar surface area (TPSA) is 71.1 Å². The quantitative estimate of drug-likeness (QED) is 0.239. The zero-order valence-corrected chi connectivity index (χ0v) is 21.8. The summed E-state index contributed by atoms with van der Waals surface area (Å²) in [6.45, 7) is 12.6.